The van der Waals surface area contributed by atoms with E-state index in [4.69, 9.17) is 0 Å². The fraction of sp³-hybridized carbons (Fsp3) is 0.275. The number of para-hydroxylation sites is 2. The Morgan fingerprint density at radius 3 is 1.86 bits per heavy atom. The number of benzene rings is 8. The molecule has 0 bridgehead atoms. The number of rotatable bonds is 16. The minimum absolute atomic E-state index is 0.0234. The molecule has 2 heterocycles. The van der Waals surface area contributed by atoms with E-state index in [1.807, 2.05) is 0 Å². The Hall–Kier alpha value is -7.04. The number of aryl methyl sites for hydroxylation is 3. The zero-order chi connectivity index (χ0) is 50.8. The summed E-state index contributed by atoms with van der Waals surface area (Å²) < 4.78 is 0. The molecule has 2 aliphatic heterocycles. The molecule has 0 saturated carbocycles. The van der Waals surface area contributed by atoms with E-state index in [1.165, 1.54) is 108 Å². The van der Waals surface area contributed by atoms with Crippen LogP contribution < -0.4 is 31.1 Å². The monoisotopic (exact) mass is 956 g/mol. The van der Waals surface area contributed by atoms with Crippen molar-refractivity contribution in [2.75, 3.05) is 14.7 Å². The summed E-state index contributed by atoms with van der Waals surface area (Å²) in [5.74, 6) is 0.544. The summed E-state index contributed by atoms with van der Waals surface area (Å²) in [6.45, 7) is 20.7. The Morgan fingerprint density at radius 1 is 0.589 bits per heavy atom. The summed E-state index contributed by atoms with van der Waals surface area (Å²) in [5, 5.41) is 0. The molecule has 1 unspecified atom stereocenters. The van der Waals surface area contributed by atoms with Gasteiger partial charge in [-0.15, -0.1) is 0 Å². The lowest BCUT2D eigenvalue weighted by Crippen LogP contribution is -2.61. The van der Waals surface area contributed by atoms with E-state index >= 15 is 0 Å². The van der Waals surface area contributed by atoms with Crippen molar-refractivity contribution < 1.29 is 0 Å². The van der Waals surface area contributed by atoms with Crippen LogP contribution in [-0.4, -0.2) is 6.71 Å². The molecule has 1 atom stereocenters. The number of nitrogens with zero attached hydrogens (tertiary/aromatic N) is 3. The first-order chi connectivity index (χ1) is 35.5. The normalized spacial score (nSPS) is 13.2. The van der Waals surface area contributed by atoms with Crippen molar-refractivity contribution in [2.45, 2.75) is 125 Å². The summed E-state index contributed by atoms with van der Waals surface area (Å²) in [5.41, 5.74) is 25.2. The highest BCUT2D eigenvalue weighted by Crippen LogP contribution is 2.50. The Morgan fingerprint density at radius 2 is 1.25 bits per heavy atom. The van der Waals surface area contributed by atoms with Gasteiger partial charge in [0.2, 0.25) is 0 Å². The number of allylic oxidation sites excluding steroid dienone is 1. The van der Waals surface area contributed by atoms with Crippen molar-refractivity contribution in [2.24, 2.45) is 0 Å². The first kappa shape index (κ1) is 49.5. The predicted molar refractivity (Wildman–Crippen MR) is 319 cm³/mol. The van der Waals surface area contributed by atoms with Gasteiger partial charge in [0.15, 0.2) is 0 Å². The largest absolute Gasteiger partial charge is 0.311 e. The van der Waals surface area contributed by atoms with Gasteiger partial charge in [-0.1, -0.05) is 183 Å². The van der Waals surface area contributed by atoms with Crippen molar-refractivity contribution in [3.8, 4) is 11.1 Å². The molecule has 0 fully saturated rings. The highest BCUT2D eigenvalue weighted by atomic mass is 15.2. The number of hydrogen-bond acceptors (Lipinski definition) is 3. The Bertz CT molecular complexity index is 3200. The van der Waals surface area contributed by atoms with Gasteiger partial charge in [-0.3, -0.25) is 0 Å². The van der Waals surface area contributed by atoms with Crippen LogP contribution in [0.2, 0.25) is 0 Å². The van der Waals surface area contributed by atoms with Crippen molar-refractivity contribution in [3.63, 3.8) is 0 Å². The van der Waals surface area contributed by atoms with Gasteiger partial charge < -0.3 is 14.7 Å². The maximum atomic E-state index is 2.67. The van der Waals surface area contributed by atoms with Crippen LogP contribution in [0.3, 0.4) is 0 Å². The molecular formula is C69H74BN3. The molecule has 0 aromatic heterocycles. The quantitative estimate of drug-likeness (QED) is 0.0894. The molecule has 0 N–H and O–H groups in total. The van der Waals surface area contributed by atoms with E-state index in [1.54, 1.807) is 0 Å². The lowest BCUT2D eigenvalue weighted by molar-refractivity contribution is 0.590. The molecule has 73 heavy (non-hydrogen) atoms. The van der Waals surface area contributed by atoms with E-state index in [9.17, 15) is 0 Å². The summed E-state index contributed by atoms with van der Waals surface area (Å²) in [6, 6.07) is 65.6. The zero-order valence-corrected chi connectivity index (χ0v) is 45.0. The number of unbranched alkanes of at least 4 members (excludes halogenated alkanes) is 1. The van der Waals surface area contributed by atoms with Gasteiger partial charge in [0, 0.05) is 45.4 Å². The van der Waals surface area contributed by atoms with Crippen LogP contribution >= 0.6 is 0 Å². The Balaban J connectivity index is 1.34. The second-order valence-corrected chi connectivity index (χ2v) is 21.6. The molecule has 2 aliphatic rings. The molecule has 3 nitrogen and oxygen atoms in total. The second-order valence-electron chi connectivity index (χ2n) is 21.6. The average Bonchev–Trinajstić information content (AvgIpc) is 3.41. The van der Waals surface area contributed by atoms with E-state index in [2.05, 4.69) is 259 Å². The van der Waals surface area contributed by atoms with Crippen molar-refractivity contribution in [1.29, 1.82) is 0 Å². The van der Waals surface area contributed by atoms with E-state index in [0.29, 0.717) is 5.92 Å². The number of fused-ring (bicyclic) bond motifs is 4. The molecule has 0 spiro atoms. The molecule has 4 heteroatoms. The van der Waals surface area contributed by atoms with Gasteiger partial charge in [-0.25, -0.2) is 0 Å². The third kappa shape index (κ3) is 9.58. The summed E-state index contributed by atoms with van der Waals surface area (Å²) >= 11 is 0. The van der Waals surface area contributed by atoms with Crippen LogP contribution in [0.4, 0.5) is 51.2 Å². The van der Waals surface area contributed by atoms with Crippen molar-refractivity contribution >= 4 is 80.4 Å². The minimum atomic E-state index is -0.0234. The molecule has 8 aromatic rings. The summed E-state index contributed by atoms with van der Waals surface area (Å²) in [7, 11) is 0. The molecule has 0 radical (unpaired) electrons. The van der Waals surface area contributed by atoms with Gasteiger partial charge in [-0.2, -0.15) is 0 Å². The van der Waals surface area contributed by atoms with Gasteiger partial charge in [-0.05, 0) is 179 Å². The van der Waals surface area contributed by atoms with Crippen LogP contribution in [0.25, 0.3) is 17.2 Å². The maximum absolute atomic E-state index is 2.67. The van der Waals surface area contributed by atoms with E-state index < -0.39 is 0 Å². The minimum Gasteiger partial charge on any atom is -0.311 e. The first-order valence-electron chi connectivity index (χ1n) is 27.5. The predicted octanol–water partition coefficient (Wildman–Crippen LogP) is 18.1. The topological polar surface area (TPSA) is 9.72 Å². The maximum Gasteiger partial charge on any atom is 0.252 e. The molecular weight excluding hydrogens is 882 g/mol. The number of hydrogen-bond donors (Lipinski definition) is 0. The highest BCUT2D eigenvalue weighted by molar-refractivity contribution is 7.00. The van der Waals surface area contributed by atoms with Gasteiger partial charge in [0.05, 0.1) is 11.4 Å². The van der Waals surface area contributed by atoms with Crippen LogP contribution in [0.1, 0.15) is 133 Å². The Kier molecular flexibility index (Phi) is 14.4. The first-order valence-corrected chi connectivity index (χ1v) is 27.5. The molecule has 10 rings (SSSR count). The molecule has 0 aliphatic carbocycles. The van der Waals surface area contributed by atoms with Crippen LogP contribution in [-0.2, 0) is 18.3 Å². The molecule has 0 saturated heterocycles. The zero-order valence-electron chi connectivity index (χ0n) is 45.0. The average molecular weight is 956 g/mol. The lowest BCUT2D eigenvalue weighted by Gasteiger charge is -2.45. The highest BCUT2D eigenvalue weighted by Gasteiger charge is 2.45. The van der Waals surface area contributed by atoms with E-state index in [0.717, 1.165) is 55.6 Å². The van der Waals surface area contributed by atoms with Crippen LogP contribution in [0.5, 0.6) is 0 Å². The summed E-state index contributed by atoms with van der Waals surface area (Å²) in [4.78, 5) is 7.72. The Labute approximate surface area is 438 Å². The second kappa shape index (κ2) is 21.2. The van der Waals surface area contributed by atoms with Crippen LogP contribution in [0, 0.1) is 6.92 Å². The van der Waals surface area contributed by atoms with Gasteiger partial charge >= 0.3 is 0 Å². The van der Waals surface area contributed by atoms with E-state index in [-0.39, 0.29) is 12.1 Å². The fourth-order valence-corrected chi connectivity index (χ4v) is 11.7. The molecule has 0 amide bonds. The fourth-order valence-electron chi connectivity index (χ4n) is 11.7. The molecule has 368 valence electrons. The van der Waals surface area contributed by atoms with Crippen molar-refractivity contribution in [1.82, 2.24) is 0 Å². The third-order valence-electron chi connectivity index (χ3n) is 15.6. The smallest absolute Gasteiger partial charge is 0.252 e. The number of anilines is 9. The molecule has 8 aromatic carbocycles. The standard InChI is InChI=1S/C69H74BN3/c1-10-15-24-49-31-41-63(60(43-49)53-32-36-55(37-33-53)69(7,8)9)73-65-45-51(14-5)54(25-16-11-2)44-62(65)70-61-42-48(6)30-40-64(61)72(58-38-34-52(35-39-58)50(13-4)23-12-3)66-46-59(47-67(73)68(66)70)71(56-26-19-17-20-27-56)57-28-21-18-22-29-57/h16-22,25-47,50H,10-15,23-24H2,1-9H3/b25-16-. The van der Waals surface area contributed by atoms with Gasteiger partial charge in [0.25, 0.3) is 6.71 Å². The van der Waals surface area contributed by atoms with Gasteiger partial charge in [0.1, 0.15) is 0 Å². The summed E-state index contributed by atoms with van der Waals surface area (Å²) in [6.07, 6.45) is 13.5. The lowest BCUT2D eigenvalue weighted by atomic mass is 9.33. The SMILES string of the molecule is CC/C=C\c1cc2c(cc1CC)N(c1ccc(CCCC)cc1-c1ccc(C(C)(C)C)cc1)c1cc(N(c3ccccc3)c3ccccc3)cc3c1B2c1cc(C)ccc1N3c1ccc(C(CC)CCC)cc1. The third-order valence-corrected chi connectivity index (χ3v) is 15.6. The van der Waals surface area contributed by atoms with Crippen molar-refractivity contribution in [3.05, 3.63) is 209 Å². The van der Waals surface area contributed by atoms with Crippen LogP contribution in [0.15, 0.2) is 176 Å².